The van der Waals surface area contributed by atoms with Gasteiger partial charge in [-0.15, -0.1) is 0 Å². The van der Waals surface area contributed by atoms with Crippen LogP contribution in [0.4, 0.5) is 0 Å². The van der Waals surface area contributed by atoms with Gasteiger partial charge in [-0.2, -0.15) is 10.1 Å². The van der Waals surface area contributed by atoms with Crippen LogP contribution in [0, 0.1) is 29.1 Å². The number of hydrogen-bond donors (Lipinski definition) is 0. The van der Waals surface area contributed by atoms with E-state index in [-0.39, 0.29) is 40.9 Å². The lowest BCUT2D eigenvalue weighted by Gasteiger charge is -2.18. The molecule has 4 aliphatic rings. The van der Waals surface area contributed by atoms with Crippen LogP contribution in [0.15, 0.2) is 47.6 Å². The van der Waals surface area contributed by atoms with E-state index in [1.807, 2.05) is 30.3 Å². The van der Waals surface area contributed by atoms with Gasteiger partial charge < -0.3 is 0 Å². The fraction of sp³-hybridized carbons (Fsp3) is 0.389. The number of hydrogen-bond acceptors (Lipinski definition) is 3. The van der Waals surface area contributed by atoms with E-state index in [0.717, 1.165) is 23.4 Å². The molecule has 4 atom stereocenters. The van der Waals surface area contributed by atoms with Gasteiger partial charge in [0.2, 0.25) is 0 Å². The molecule has 2 bridgehead atoms. The number of rotatable bonds is 2. The van der Waals surface area contributed by atoms with Gasteiger partial charge in [-0.1, -0.05) is 42.5 Å². The van der Waals surface area contributed by atoms with Gasteiger partial charge >= 0.3 is 0 Å². The molecular formula is C18H16N2O2. The normalized spacial score (nSPS) is 36.8. The largest absolute Gasteiger partial charge is 0.272 e. The van der Waals surface area contributed by atoms with Crippen molar-refractivity contribution >= 4 is 18.0 Å². The van der Waals surface area contributed by atoms with Gasteiger partial charge in [-0.25, -0.2) is 0 Å². The molecule has 2 saturated carbocycles. The highest BCUT2D eigenvalue weighted by molar-refractivity contribution is 6.07. The highest BCUT2D eigenvalue weighted by atomic mass is 16.2. The van der Waals surface area contributed by atoms with E-state index in [0.29, 0.717) is 0 Å². The van der Waals surface area contributed by atoms with Crippen molar-refractivity contribution in [3.05, 3.63) is 48.0 Å². The second-order valence-corrected chi connectivity index (χ2v) is 6.86. The minimum Gasteiger partial charge on any atom is -0.272 e. The number of imide groups is 1. The predicted octanol–water partition coefficient (Wildman–Crippen LogP) is 2.22. The van der Waals surface area contributed by atoms with Crippen LogP contribution in [0.1, 0.15) is 18.4 Å². The second-order valence-electron chi connectivity index (χ2n) is 6.86. The molecule has 4 heteroatoms. The average Bonchev–Trinajstić information content (AvgIpc) is 3.14. The zero-order chi connectivity index (χ0) is 14.9. The highest BCUT2D eigenvalue weighted by Crippen LogP contribution is 2.73. The molecule has 1 saturated heterocycles. The Morgan fingerprint density at radius 3 is 2.14 bits per heavy atom. The number of fused-ring (bicyclic) bond motifs is 3. The van der Waals surface area contributed by atoms with Crippen LogP contribution in [-0.2, 0) is 9.59 Å². The molecule has 0 N–H and O–H groups in total. The Labute approximate surface area is 128 Å². The van der Waals surface area contributed by atoms with E-state index in [4.69, 9.17) is 0 Å². The third-order valence-electron chi connectivity index (χ3n) is 5.95. The van der Waals surface area contributed by atoms with Gasteiger partial charge in [0.15, 0.2) is 0 Å². The number of carbonyl (C=O) groups excluding carboxylic acids is 2. The lowest BCUT2D eigenvalue weighted by atomic mass is 9.85. The smallest absolute Gasteiger partial charge is 0.254 e. The van der Waals surface area contributed by atoms with Crippen LogP contribution < -0.4 is 0 Å². The molecule has 110 valence electrons. The van der Waals surface area contributed by atoms with Crippen LogP contribution in [0.5, 0.6) is 0 Å². The first-order chi connectivity index (χ1) is 10.7. The molecule has 1 spiro atoms. The Kier molecular flexibility index (Phi) is 2.21. The zero-order valence-corrected chi connectivity index (χ0v) is 12.1. The summed E-state index contributed by atoms with van der Waals surface area (Å²) in [7, 11) is 0. The summed E-state index contributed by atoms with van der Waals surface area (Å²) in [6.07, 6.45) is 8.27. The average molecular weight is 292 g/mol. The third-order valence-corrected chi connectivity index (χ3v) is 5.95. The van der Waals surface area contributed by atoms with Crippen molar-refractivity contribution in [3.63, 3.8) is 0 Å². The SMILES string of the molecule is O=C1C2C(C(=O)N1/N=C/c1ccccc1)C1C=CC2C12CC2. The summed E-state index contributed by atoms with van der Waals surface area (Å²) in [5.74, 6) is -0.0294. The number of benzene rings is 1. The van der Waals surface area contributed by atoms with E-state index >= 15 is 0 Å². The van der Waals surface area contributed by atoms with Crippen molar-refractivity contribution in [2.75, 3.05) is 0 Å². The molecule has 1 aromatic rings. The molecule has 5 rings (SSSR count). The Bertz CT molecular complexity index is 699. The van der Waals surface area contributed by atoms with Gasteiger partial charge in [0.25, 0.3) is 11.8 Å². The van der Waals surface area contributed by atoms with Crippen LogP contribution in [0.3, 0.4) is 0 Å². The Morgan fingerprint density at radius 2 is 1.59 bits per heavy atom. The summed E-state index contributed by atoms with van der Waals surface area (Å²) in [6.45, 7) is 0. The summed E-state index contributed by atoms with van der Waals surface area (Å²) in [5, 5.41) is 5.30. The Hall–Kier alpha value is -2.23. The summed E-state index contributed by atoms with van der Waals surface area (Å²) in [6, 6.07) is 9.54. The zero-order valence-electron chi connectivity index (χ0n) is 12.1. The van der Waals surface area contributed by atoms with Gasteiger partial charge in [-0.05, 0) is 35.7 Å². The molecule has 4 nitrogen and oxygen atoms in total. The highest BCUT2D eigenvalue weighted by Gasteiger charge is 2.73. The van der Waals surface area contributed by atoms with Gasteiger partial charge in [-0.3, -0.25) is 9.59 Å². The molecule has 22 heavy (non-hydrogen) atoms. The number of hydrazone groups is 1. The summed E-state index contributed by atoms with van der Waals surface area (Å²) in [5.41, 5.74) is 1.13. The number of carbonyl (C=O) groups is 2. The van der Waals surface area contributed by atoms with Gasteiger partial charge in [0.05, 0.1) is 18.1 Å². The molecule has 4 unspecified atom stereocenters. The van der Waals surface area contributed by atoms with Crippen molar-refractivity contribution < 1.29 is 9.59 Å². The van der Waals surface area contributed by atoms with Crippen molar-refractivity contribution in [2.24, 2.45) is 34.2 Å². The molecule has 3 aliphatic carbocycles. The Balaban J connectivity index is 1.46. The first kappa shape index (κ1) is 12.3. The fourth-order valence-corrected chi connectivity index (χ4v) is 4.84. The maximum Gasteiger partial charge on any atom is 0.254 e. The van der Waals surface area contributed by atoms with E-state index < -0.39 is 0 Å². The van der Waals surface area contributed by atoms with Gasteiger partial charge in [0.1, 0.15) is 0 Å². The number of allylic oxidation sites excluding steroid dienone is 2. The van der Waals surface area contributed by atoms with Crippen molar-refractivity contribution in [1.29, 1.82) is 0 Å². The van der Waals surface area contributed by atoms with Crippen LogP contribution in [0.2, 0.25) is 0 Å². The van der Waals surface area contributed by atoms with Crippen LogP contribution >= 0.6 is 0 Å². The quantitative estimate of drug-likeness (QED) is 0.477. The maximum atomic E-state index is 12.7. The summed E-state index contributed by atoms with van der Waals surface area (Å²) in [4.78, 5) is 25.4. The van der Waals surface area contributed by atoms with E-state index in [1.54, 1.807) is 6.21 Å². The molecule has 3 fully saturated rings. The minimum atomic E-state index is -0.169. The third kappa shape index (κ3) is 1.35. The molecule has 1 heterocycles. The van der Waals surface area contributed by atoms with E-state index in [2.05, 4.69) is 17.3 Å². The molecule has 0 radical (unpaired) electrons. The summed E-state index contributed by atoms with van der Waals surface area (Å²) < 4.78 is 0. The molecule has 1 aliphatic heterocycles. The van der Waals surface area contributed by atoms with E-state index in [9.17, 15) is 9.59 Å². The summed E-state index contributed by atoms with van der Waals surface area (Å²) >= 11 is 0. The first-order valence-corrected chi connectivity index (χ1v) is 7.87. The maximum absolute atomic E-state index is 12.7. The second kappa shape index (κ2) is 3.94. The van der Waals surface area contributed by atoms with Crippen LogP contribution in [0.25, 0.3) is 0 Å². The minimum absolute atomic E-state index is 0.106. The number of nitrogens with zero attached hydrogens (tertiary/aromatic N) is 2. The molecule has 1 aromatic carbocycles. The lowest BCUT2D eigenvalue weighted by Crippen LogP contribution is -2.30. The van der Waals surface area contributed by atoms with E-state index in [1.165, 1.54) is 0 Å². The molecule has 2 amide bonds. The standard InChI is InChI=1S/C18H16N2O2/c21-16-14-12-6-7-13(18(12)8-9-18)15(14)17(22)20(16)19-10-11-4-2-1-3-5-11/h1-7,10,12-15H,8-9H2/b19-10+. The Morgan fingerprint density at radius 1 is 1.00 bits per heavy atom. The predicted molar refractivity (Wildman–Crippen MR) is 80.7 cm³/mol. The lowest BCUT2D eigenvalue weighted by molar-refractivity contribution is -0.141. The van der Waals surface area contributed by atoms with Crippen molar-refractivity contribution in [3.8, 4) is 0 Å². The van der Waals surface area contributed by atoms with Crippen molar-refractivity contribution in [2.45, 2.75) is 12.8 Å². The van der Waals surface area contributed by atoms with Crippen molar-refractivity contribution in [1.82, 2.24) is 5.01 Å². The molecular weight excluding hydrogens is 276 g/mol. The molecule has 0 aromatic heterocycles. The first-order valence-electron chi connectivity index (χ1n) is 7.87. The van der Waals surface area contributed by atoms with Crippen LogP contribution in [-0.4, -0.2) is 23.0 Å². The monoisotopic (exact) mass is 292 g/mol. The number of amides is 2. The topological polar surface area (TPSA) is 49.7 Å². The van der Waals surface area contributed by atoms with Gasteiger partial charge in [0, 0.05) is 0 Å². The fourth-order valence-electron chi connectivity index (χ4n) is 4.84.